The number of ether oxygens (including phenoxy) is 1. The maximum absolute atomic E-state index is 13.4. The largest absolute Gasteiger partial charge is 0.495 e. The van der Waals surface area contributed by atoms with E-state index < -0.39 is 29.6 Å². The summed E-state index contributed by atoms with van der Waals surface area (Å²) < 4.78 is 44.6. The first-order chi connectivity index (χ1) is 21.5. The lowest BCUT2D eigenvalue weighted by Crippen LogP contribution is -2.41. The number of anilines is 1. The van der Waals surface area contributed by atoms with Gasteiger partial charge in [0.2, 0.25) is 5.91 Å². The Bertz CT molecular complexity index is 1640. The molecule has 4 aromatic carbocycles. The van der Waals surface area contributed by atoms with Crippen LogP contribution in [0.3, 0.4) is 0 Å². The molecule has 4 rings (SSSR count). The van der Waals surface area contributed by atoms with Crippen LogP contribution in [0.25, 0.3) is 11.1 Å². The summed E-state index contributed by atoms with van der Waals surface area (Å²) in [5, 5.41) is 5.61. The van der Waals surface area contributed by atoms with Crippen molar-refractivity contribution in [1.82, 2.24) is 10.2 Å². The van der Waals surface area contributed by atoms with Crippen molar-refractivity contribution in [2.45, 2.75) is 32.0 Å². The molecule has 45 heavy (non-hydrogen) atoms. The molecule has 0 fully saturated rings. The Hall–Kier alpha value is -5.12. The molecule has 0 heterocycles. The molecule has 1 atom stereocenters. The molecular weight excluding hydrogens is 583 g/mol. The molecule has 0 aromatic heterocycles. The summed E-state index contributed by atoms with van der Waals surface area (Å²) in [5.74, 6) is -1.08. The van der Waals surface area contributed by atoms with E-state index in [9.17, 15) is 27.6 Å². The summed E-state index contributed by atoms with van der Waals surface area (Å²) in [5.41, 5.74) is 1.45. The number of nitrogens with zero attached hydrogens (tertiary/aromatic N) is 1. The van der Waals surface area contributed by atoms with Crippen molar-refractivity contribution in [2.24, 2.45) is 0 Å². The fourth-order valence-electron chi connectivity index (χ4n) is 4.77. The number of alkyl halides is 3. The molecule has 0 saturated carbocycles. The van der Waals surface area contributed by atoms with Gasteiger partial charge in [-0.15, -0.1) is 0 Å². The third kappa shape index (κ3) is 8.08. The Balaban J connectivity index is 1.55. The van der Waals surface area contributed by atoms with Gasteiger partial charge in [-0.25, -0.2) is 0 Å². The number of benzene rings is 4. The van der Waals surface area contributed by atoms with Crippen LogP contribution in [0.5, 0.6) is 5.75 Å². The van der Waals surface area contributed by atoms with Crippen molar-refractivity contribution >= 4 is 23.4 Å². The van der Waals surface area contributed by atoms with Crippen molar-refractivity contribution in [3.8, 4) is 16.9 Å². The third-order valence-electron chi connectivity index (χ3n) is 7.29. The minimum atomic E-state index is -4.47. The highest BCUT2D eigenvalue weighted by atomic mass is 19.4. The Morgan fingerprint density at radius 2 is 1.53 bits per heavy atom. The van der Waals surface area contributed by atoms with E-state index in [4.69, 9.17) is 4.74 Å². The standard InChI is InChI=1S/C35H34F3N3O4/c1-4-5-21-41(2)34(44)31(24-11-7-6-8-12-24)40-32(42)25-17-20-29(30(22-25)45-3)39-33(43)28-14-10-9-13-27(28)23-15-18-26(19-16-23)35(36,37)38/h6-20,22,31H,4-5,21H2,1-3H3,(H,39,43)(H,40,42)/t31-/m0/s1. The van der Waals surface area contributed by atoms with Gasteiger partial charge in [-0.3, -0.25) is 14.4 Å². The zero-order valence-corrected chi connectivity index (χ0v) is 25.2. The number of hydrogen-bond donors (Lipinski definition) is 2. The molecule has 7 nitrogen and oxygen atoms in total. The fraction of sp³-hybridized carbons (Fsp3) is 0.229. The molecule has 0 bridgehead atoms. The van der Waals surface area contributed by atoms with Crippen molar-refractivity contribution in [2.75, 3.05) is 26.0 Å². The Morgan fingerprint density at radius 3 is 2.18 bits per heavy atom. The molecule has 0 aliphatic heterocycles. The van der Waals surface area contributed by atoms with Crippen LogP contribution in [0, 0.1) is 0 Å². The average molecular weight is 618 g/mol. The third-order valence-corrected chi connectivity index (χ3v) is 7.29. The zero-order valence-electron chi connectivity index (χ0n) is 25.2. The first kappa shape index (κ1) is 32.8. The molecule has 0 spiro atoms. The Kier molecular flexibility index (Phi) is 10.6. The lowest BCUT2D eigenvalue weighted by Gasteiger charge is -2.25. The van der Waals surface area contributed by atoms with Crippen LogP contribution in [0.4, 0.5) is 18.9 Å². The molecule has 234 valence electrons. The van der Waals surface area contributed by atoms with E-state index in [0.717, 1.165) is 25.0 Å². The minimum Gasteiger partial charge on any atom is -0.495 e. The van der Waals surface area contributed by atoms with Gasteiger partial charge in [0, 0.05) is 24.7 Å². The van der Waals surface area contributed by atoms with Gasteiger partial charge < -0.3 is 20.3 Å². The van der Waals surface area contributed by atoms with Gasteiger partial charge in [-0.2, -0.15) is 13.2 Å². The number of hydrogen-bond acceptors (Lipinski definition) is 4. The predicted octanol–water partition coefficient (Wildman–Crippen LogP) is 7.36. The van der Waals surface area contributed by atoms with Gasteiger partial charge in [0.05, 0.1) is 18.4 Å². The fourth-order valence-corrected chi connectivity index (χ4v) is 4.77. The van der Waals surface area contributed by atoms with E-state index in [-0.39, 0.29) is 28.5 Å². The second-order valence-corrected chi connectivity index (χ2v) is 10.4. The first-order valence-electron chi connectivity index (χ1n) is 14.4. The van der Waals surface area contributed by atoms with Gasteiger partial charge in [0.1, 0.15) is 11.8 Å². The van der Waals surface area contributed by atoms with Crippen LogP contribution in [-0.4, -0.2) is 43.3 Å². The van der Waals surface area contributed by atoms with Crippen LogP contribution < -0.4 is 15.4 Å². The summed E-state index contributed by atoms with van der Waals surface area (Å²) in [7, 11) is 3.10. The van der Waals surface area contributed by atoms with Crippen LogP contribution in [0.2, 0.25) is 0 Å². The molecule has 4 aromatic rings. The molecule has 0 saturated heterocycles. The number of unbranched alkanes of at least 4 members (excludes halogenated alkanes) is 1. The molecule has 0 unspecified atom stereocenters. The summed E-state index contributed by atoms with van der Waals surface area (Å²) in [4.78, 5) is 41.7. The van der Waals surface area contributed by atoms with Gasteiger partial charge in [-0.1, -0.05) is 74.0 Å². The second kappa shape index (κ2) is 14.6. The van der Waals surface area contributed by atoms with Crippen LogP contribution in [-0.2, 0) is 11.0 Å². The van der Waals surface area contributed by atoms with Crippen molar-refractivity contribution in [3.05, 3.63) is 119 Å². The zero-order chi connectivity index (χ0) is 32.6. The topological polar surface area (TPSA) is 87.7 Å². The number of halogens is 3. The number of amides is 3. The van der Waals surface area contributed by atoms with Crippen LogP contribution in [0.15, 0.2) is 97.1 Å². The van der Waals surface area contributed by atoms with Crippen LogP contribution in [0.1, 0.15) is 57.7 Å². The summed E-state index contributed by atoms with van der Waals surface area (Å²) in [6.45, 7) is 2.59. The molecule has 3 amide bonds. The van der Waals surface area contributed by atoms with Gasteiger partial charge in [-0.05, 0) is 59.5 Å². The number of methoxy groups -OCH3 is 1. The van der Waals surface area contributed by atoms with E-state index in [1.165, 1.54) is 37.4 Å². The van der Waals surface area contributed by atoms with Crippen molar-refractivity contribution in [1.29, 1.82) is 0 Å². The van der Waals surface area contributed by atoms with E-state index >= 15 is 0 Å². The van der Waals surface area contributed by atoms with Gasteiger partial charge in [0.15, 0.2) is 0 Å². The molecule has 0 aliphatic rings. The lowest BCUT2D eigenvalue weighted by molar-refractivity contribution is -0.137. The SMILES string of the molecule is CCCCN(C)C(=O)[C@@H](NC(=O)c1ccc(NC(=O)c2ccccc2-c2ccc(C(F)(F)F)cc2)c(OC)c1)c1ccccc1. The highest BCUT2D eigenvalue weighted by Crippen LogP contribution is 2.33. The van der Waals surface area contributed by atoms with E-state index in [2.05, 4.69) is 10.6 Å². The van der Waals surface area contributed by atoms with E-state index in [1.807, 2.05) is 13.0 Å². The van der Waals surface area contributed by atoms with Gasteiger partial charge in [0.25, 0.3) is 11.8 Å². The quantitative estimate of drug-likeness (QED) is 0.184. The van der Waals surface area contributed by atoms with Crippen molar-refractivity contribution < 1.29 is 32.3 Å². The maximum Gasteiger partial charge on any atom is 0.416 e. The monoisotopic (exact) mass is 617 g/mol. The second-order valence-electron chi connectivity index (χ2n) is 10.4. The van der Waals surface area contributed by atoms with Crippen molar-refractivity contribution in [3.63, 3.8) is 0 Å². The van der Waals surface area contributed by atoms with Gasteiger partial charge >= 0.3 is 6.18 Å². The average Bonchev–Trinajstić information content (AvgIpc) is 3.05. The predicted molar refractivity (Wildman–Crippen MR) is 167 cm³/mol. The normalized spacial score (nSPS) is 11.8. The summed E-state index contributed by atoms with van der Waals surface area (Å²) in [6, 6.07) is 23.7. The molecule has 10 heteroatoms. The summed E-state index contributed by atoms with van der Waals surface area (Å²) in [6.07, 6.45) is -2.72. The Morgan fingerprint density at radius 1 is 0.867 bits per heavy atom. The van der Waals surface area contributed by atoms with E-state index in [0.29, 0.717) is 23.2 Å². The molecule has 0 radical (unpaired) electrons. The minimum absolute atomic E-state index is 0.200. The number of likely N-dealkylation sites (N-methyl/N-ethyl adjacent to an activating group) is 1. The maximum atomic E-state index is 13.4. The lowest BCUT2D eigenvalue weighted by atomic mass is 9.98. The number of rotatable bonds is 11. The molecule has 0 aliphatic carbocycles. The number of carbonyl (C=O) groups excluding carboxylic acids is 3. The first-order valence-corrected chi connectivity index (χ1v) is 14.4. The highest BCUT2D eigenvalue weighted by Gasteiger charge is 2.30. The number of carbonyl (C=O) groups is 3. The molecule has 2 N–H and O–H groups in total. The van der Waals surface area contributed by atoms with Crippen LogP contribution >= 0.6 is 0 Å². The highest BCUT2D eigenvalue weighted by molar-refractivity contribution is 6.09. The van der Waals surface area contributed by atoms with E-state index in [1.54, 1.807) is 60.5 Å². The Labute approximate surface area is 260 Å². The number of nitrogens with one attached hydrogen (secondary N) is 2. The summed E-state index contributed by atoms with van der Waals surface area (Å²) >= 11 is 0. The smallest absolute Gasteiger partial charge is 0.416 e. The molecular formula is C35H34F3N3O4.